The molecule has 1 aliphatic rings. The first kappa shape index (κ1) is 14.8. The van der Waals surface area contributed by atoms with Crippen LogP contribution in [0.2, 0.25) is 0 Å². The molecule has 1 heterocycles. The van der Waals surface area contributed by atoms with Gasteiger partial charge in [0.1, 0.15) is 5.82 Å². The van der Waals surface area contributed by atoms with Crippen LogP contribution in [-0.2, 0) is 16.0 Å². The Labute approximate surface area is 132 Å². The zero-order chi connectivity index (χ0) is 15.4. The molecule has 0 saturated heterocycles. The monoisotopic (exact) mass is 316 g/mol. The summed E-state index contributed by atoms with van der Waals surface area (Å²) in [6.07, 6.45) is 2.49. The maximum Gasteiger partial charge on any atom is 0.237 e. The molecule has 7 heteroatoms. The molecule has 1 saturated carbocycles. The van der Waals surface area contributed by atoms with Crippen LogP contribution in [0.3, 0.4) is 0 Å². The van der Waals surface area contributed by atoms with E-state index in [9.17, 15) is 9.59 Å². The molecule has 0 atom stereocenters. The predicted octanol–water partition coefficient (Wildman–Crippen LogP) is 1.66. The molecule has 0 unspecified atom stereocenters. The molecule has 2 aromatic rings. The third-order valence-electron chi connectivity index (χ3n) is 3.26. The SMILES string of the molecule is O=C(CSc1n[nH]c(C2CC2)n1)NC(=O)Cc1ccccc1. The number of H-pyrrole nitrogens is 1. The summed E-state index contributed by atoms with van der Waals surface area (Å²) in [7, 11) is 0. The second-order valence-corrected chi connectivity index (χ2v) is 6.14. The van der Waals surface area contributed by atoms with Crippen molar-refractivity contribution < 1.29 is 9.59 Å². The van der Waals surface area contributed by atoms with Gasteiger partial charge in [0.2, 0.25) is 17.0 Å². The number of amides is 2. The van der Waals surface area contributed by atoms with Gasteiger partial charge in [-0.1, -0.05) is 42.1 Å². The highest BCUT2D eigenvalue weighted by Crippen LogP contribution is 2.38. The number of hydrogen-bond donors (Lipinski definition) is 2. The Bertz CT molecular complexity index is 667. The van der Waals surface area contributed by atoms with E-state index >= 15 is 0 Å². The van der Waals surface area contributed by atoms with E-state index in [2.05, 4.69) is 20.5 Å². The first-order valence-electron chi connectivity index (χ1n) is 7.12. The van der Waals surface area contributed by atoms with Crippen molar-refractivity contribution >= 4 is 23.6 Å². The largest absolute Gasteiger partial charge is 0.295 e. The lowest BCUT2D eigenvalue weighted by Crippen LogP contribution is -2.33. The van der Waals surface area contributed by atoms with Crippen molar-refractivity contribution in [1.82, 2.24) is 20.5 Å². The van der Waals surface area contributed by atoms with Gasteiger partial charge in [0.05, 0.1) is 12.2 Å². The Kier molecular flexibility index (Phi) is 4.53. The molecule has 2 N–H and O–H groups in total. The predicted molar refractivity (Wildman–Crippen MR) is 82.4 cm³/mol. The topological polar surface area (TPSA) is 87.7 Å². The van der Waals surface area contributed by atoms with Gasteiger partial charge in [-0.15, -0.1) is 5.10 Å². The van der Waals surface area contributed by atoms with E-state index in [-0.39, 0.29) is 24.0 Å². The van der Waals surface area contributed by atoms with Crippen molar-refractivity contribution in [2.75, 3.05) is 5.75 Å². The van der Waals surface area contributed by atoms with E-state index in [0.717, 1.165) is 24.2 Å². The van der Waals surface area contributed by atoms with Crippen molar-refractivity contribution in [2.45, 2.75) is 30.3 Å². The summed E-state index contributed by atoms with van der Waals surface area (Å²) >= 11 is 1.23. The molecule has 0 aliphatic heterocycles. The summed E-state index contributed by atoms with van der Waals surface area (Å²) in [5.74, 6) is 0.892. The molecule has 114 valence electrons. The summed E-state index contributed by atoms with van der Waals surface area (Å²) in [5.41, 5.74) is 0.878. The van der Waals surface area contributed by atoms with Crippen LogP contribution in [0.5, 0.6) is 0 Å². The van der Waals surface area contributed by atoms with Crippen LogP contribution in [0, 0.1) is 0 Å². The van der Waals surface area contributed by atoms with Crippen LogP contribution in [0.4, 0.5) is 0 Å². The number of aromatic nitrogens is 3. The standard InChI is InChI=1S/C15H16N4O2S/c20-12(8-10-4-2-1-3-5-10)16-13(21)9-22-15-17-14(18-19-15)11-6-7-11/h1-5,11H,6-9H2,(H,16,20,21)(H,17,18,19). The van der Waals surface area contributed by atoms with Gasteiger partial charge < -0.3 is 0 Å². The Morgan fingerprint density at radius 2 is 2.00 bits per heavy atom. The van der Waals surface area contributed by atoms with Crippen LogP contribution in [0.1, 0.15) is 30.1 Å². The highest BCUT2D eigenvalue weighted by molar-refractivity contribution is 7.99. The van der Waals surface area contributed by atoms with Gasteiger partial charge >= 0.3 is 0 Å². The van der Waals surface area contributed by atoms with Crippen LogP contribution < -0.4 is 5.32 Å². The number of imide groups is 1. The van der Waals surface area contributed by atoms with Crippen molar-refractivity contribution in [3.63, 3.8) is 0 Å². The molecule has 6 nitrogen and oxygen atoms in total. The zero-order valence-electron chi connectivity index (χ0n) is 11.9. The molecule has 22 heavy (non-hydrogen) atoms. The number of rotatable bonds is 6. The minimum Gasteiger partial charge on any atom is -0.295 e. The lowest BCUT2D eigenvalue weighted by atomic mass is 10.1. The Balaban J connectivity index is 1.42. The van der Waals surface area contributed by atoms with Crippen molar-refractivity contribution in [3.05, 3.63) is 41.7 Å². The van der Waals surface area contributed by atoms with Gasteiger partial charge in [-0.2, -0.15) is 0 Å². The van der Waals surface area contributed by atoms with Crippen molar-refractivity contribution in [1.29, 1.82) is 0 Å². The maximum absolute atomic E-state index is 11.8. The van der Waals surface area contributed by atoms with Gasteiger partial charge in [-0.25, -0.2) is 4.98 Å². The summed E-state index contributed by atoms with van der Waals surface area (Å²) in [4.78, 5) is 27.8. The van der Waals surface area contributed by atoms with E-state index < -0.39 is 0 Å². The van der Waals surface area contributed by atoms with E-state index in [4.69, 9.17) is 0 Å². The molecule has 2 amide bonds. The first-order chi connectivity index (χ1) is 10.7. The number of thioether (sulfide) groups is 1. The minimum absolute atomic E-state index is 0.127. The average Bonchev–Trinajstić information content (AvgIpc) is 3.25. The number of benzene rings is 1. The first-order valence-corrected chi connectivity index (χ1v) is 8.11. The number of aromatic amines is 1. The fourth-order valence-corrected chi connectivity index (χ4v) is 2.61. The number of nitrogens with zero attached hydrogens (tertiary/aromatic N) is 2. The van der Waals surface area contributed by atoms with E-state index in [1.807, 2.05) is 30.3 Å². The third-order valence-corrected chi connectivity index (χ3v) is 4.11. The quantitative estimate of drug-likeness (QED) is 0.791. The highest BCUT2D eigenvalue weighted by atomic mass is 32.2. The smallest absolute Gasteiger partial charge is 0.237 e. The van der Waals surface area contributed by atoms with Gasteiger partial charge in [0.15, 0.2) is 0 Å². The van der Waals surface area contributed by atoms with Crippen LogP contribution >= 0.6 is 11.8 Å². The normalized spacial score (nSPS) is 13.8. The molecule has 1 aliphatic carbocycles. The van der Waals surface area contributed by atoms with Crippen LogP contribution in [0.15, 0.2) is 35.5 Å². The van der Waals surface area contributed by atoms with Gasteiger partial charge in [-0.05, 0) is 18.4 Å². The molecule has 1 aromatic carbocycles. The summed E-state index contributed by atoms with van der Waals surface area (Å²) in [5, 5.41) is 9.87. The summed E-state index contributed by atoms with van der Waals surface area (Å²) in [6, 6.07) is 9.32. The molecule has 0 spiro atoms. The molecular formula is C15H16N4O2S. The second-order valence-electron chi connectivity index (χ2n) is 5.20. The second kappa shape index (κ2) is 6.74. The molecule has 1 fully saturated rings. The van der Waals surface area contributed by atoms with Crippen LogP contribution in [0.25, 0.3) is 0 Å². The number of carbonyl (C=O) groups is 2. The van der Waals surface area contributed by atoms with Crippen LogP contribution in [-0.4, -0.2) is 32.7 Å². The van der Waals surface area contributed by atoms with Gasteiger partial charge in [0.25, 0.3) is 0 Å². The number of hydrogen-bond acceptors (Lipinski definition) is 5. The highest BCUT2D eigenvalue weighted by Gasteiger charge is 2.27. The lowest BCUT2D eigenvalue weighted by molar-refractivity contribution is -0.128. The molecule has 1 aromatic heterocycles. The van der Waals surface area contributed by atoms with E-state index in [1.54, 1.807) is 0 Å². The fourth-order valence-electron chi connectivity index (χ4n) is 2.01. The number of nitrogens with one attached hydrogen (secondary N) is 2. The molecule has 0 radical (unpaired) electrons. The maximum atomic E-state index is 11.8. The third kappa shape index (κ3) is 4.17. The van der Waals surface area contributed by atoms with Gasteiger partial charge in [-0.3, -0.25) is 20.0 Å². The van der Waals surface area contributed by atoms with Crippen molar-refractivity contribution in [3.8, 4) is 0 Å². The summed E-state index contributed by atoms with van der Waals surface area (Å²) < 4.78 is 0. The van der Waals surface area contributed by atoms with E-state index in [0.29, 0.717) is 11.1 Å². The van der Waals surface area contributed by atoms with E-state index in [1.165, 1.54) is 11.8 Å². The Morgan fingerprint density at radius 1 is 1.23 bits per heavy atom. The fraction of sp³-hybridized carbons (Fsp3) is 0.333. The molecule has 0 bridgehead atoms. The molecular weight excluding hydrogens is 300 g/mol. The minimum atomic E-state index is -0.330. The van der Waals surface area contributed by atoms with Crippen molar-refractivity contribution in [2.24, 2.45) is 0 Å². The zero-order valence-corrected chi connectivity index (χ0v) is 12.7. The number of carbonyl (C=O) groups excluding carboxylic acids is 2. The summed E-state index contributed by atoms with van der Waals surface area (Å²) in [6.45, 7) is 0. The van der Waals surface area contributed by atoms with Gasteiger partial charge in [0, 0.05) is 5.92 Å². The molecule has 3 rings (SSSR count). The average molecular weight is 316 g/mol. The Hall–Kier alpha value is -2.15. The Morgan fingerprint density at radius 3 is 2.73 bits per heavy atom. The lowest BCUT2D eigenvalue weighted by Gasteiger charge is -2.03.